The van der Waals surface area contributed by atoms with Crippen LogP contribution in [0.2, 0.25) is 0 Å². The van der Waals surface area contributed by atoms with Gasteiger partial charge in [0, 0.05) is 12.1 Å². The SMILES string of the molecule is COc1ccc(S(=O)(=O)Oc2ccc(/C=C(\C#N)C(=O)Nc3cc([N+](=O)[O-])ccc3C)cc2OC)cc1. The lowest BCUT2D eigenvalue weighted by Crippen LogP contribution is -2.14. The van der Waals surface area contributed by atoms with Gasteiger partial charge < -0.3 is 19.0 Å². The van der Waals surface area contributed by atoms with Gasteiger partial charge in [-0.3, -0.25) is 14.9 Å². The van der Waals surface area contributed by atoms with Gasteiger partial charge in [-0.05, 0) is 60.5 Å². The Kier molecular flexibility index (Phi) is 8.11. The molecule has 12 heteroatoms. The Labute approximate surface area is 212 Å². The van der Waals surface area contributed by atoms with E-state index in [0.29, 0.717) is 16.9 Å². The number of ether oxygens (including phenoxy) is 2. The summed E-state index contributed by atoms with van der Waals surface area (Å²) in [5, 5.41) is 23.0. The summed E-state index contributed by atoms with van der Waals surface area (Å²) in [4.78, 5) is 23.0. The number of carbonyl (C=O) groups excluding carboxylic acids is 1. The Bertz CT molecular complexity index is 1520. The van der Waals surface area contributed by atoms with Crippen molar-refractivity contribution in [1.82, 2.24) is 0 Å². The number of nitro groups is 1. The lowest BCUT2D eigenvalue weighted by molar-refractivity contribution is -0.384. The Hall–Kier alpha value is -4.89. The number of hydrogen-bond donors (Lipinski definition) is 1. The number of aryl methyl sites for hydroxylation is 1. The third-order valence-electron chi connectivity index (χ3n) is 5.09. The predicted molar refractivity (Wildman–Crippen MR) is 134 cm³/mol. The molecule has 1 N–H and O–H groups in total. The molecule has 0 aliphatic heterocycles. The summed E-state index contributed by atoms with van der Waals surface area (Å²) in [6.45, 7) is 1.65. The molecule has 3 aromatic carbocycles. The van der Waals surface area contributed by atoms with E-state index in [1.165, 1.54) is 81.0 Å². The fraction of sp³-hybridized carbons (Fsp3) is 0.120. The number of methoxy groups -OCH3 is 2. The van der Waals surface area contributed by atoms with Crippen LogP contribution in [-0.2, 0) is 14.9 Å². The van der Waals surface area contributed by atoms with Gasteiger partial charge >= 0.3 is 10.1 Å². The molecular weight excluding hydrogens is 502 g/mol. The van der Waals surface area contributed by atoms with Crippen molar-refractivity contribution in [1.29, 1.82) is 5.26 Å². The standard InChI is InChI=1S/C25H21N3O8S/c1-16-4-6-19(28(30)31)14-22(16)27-25(29)18(15-26)12-17-5-11-23(24(13-17)35-3)36-37(32,33)21-9-7-20(34-2)8-10-21/h4-14H,1-3H3,(H,27,29)/b18-12+. The van der Waals surface area contributed by atoms with Crippen LogP contribution in [0, 0.1) is 28.4 Å². The van der Waals surface area contributed by atoms with Gasteiger partial charge in [0.15, 0.2) is 11.5 Å². The van der Waals surface area contributed by atoms with Crippen molar-refractivity contribution >= 4 is 33.5 Å². The second kappa shape index (κ2) is 11.2. The lowest BCUT2D eigenvalue weighted by atomic mass is 10.1. The second-order valence-corrected chi connectivity index (χ2v) is 9.05. The Balaban J connectivity index is 1.85. The van der Waals surface area contributed by atoms with E-state index in [2.05, 4.69) is 5.32 Å². The minimum Gasteiger partial charge on any atom is -0.497 e. The van der Waals surface area contributed by atoms with Gasteiger partial charge in [0.05, 0.1) is 24.8 Å². The molecule has 0 saturated carbocycles. The molecule has 0 bridgehead atoms. The van der Waals surface area contributed by atoms with Crippen molar-refractivity contribution < 1.29 is 31.8 Å². The monoisotopic (exact) mass is 523 g/mol. The van der Waals surface area contributed by atoms with Crippen LogP contribution < -0.4 is 19.0 Å². The summed E-state index contributed by atoms with van der Waals surface area (Å²) < 4.78 is 40.8. The molecule has 3 rings (SSSR count). The molecule has 0 heterocycles. The van der Waals surface area contributed by atoms with E-state index in [4.69, 9.17) is 13.7 Å². The molecule has 0 fully saturated rings. The van der Waals surface area contributed by atoms with Crippen molar-refractivity contribution in [3.05, 3.63) is 87.5 Å². The smallest absolute Gasteiger partial charge is 0.339 e. The molecule has 1 amide bonds. The number of hydrogen-bond acceptors (Lipinski definition) is 9. The third kappa shape index (κ3) is 6.41. The molecular formula is C25H21N3O8S. The van der Waals surface area contributed by atoms with Gasteiger partial charge in [-0.2, -0.15) is 13.7 Å². The highest BCUT2D eigenvalue weighted by Crippen LogP contribution is 2.32. The molecule has 37 heavy (non-hydrogen) atoms. The molecule has 0 aliphatic carbocycles. The number of anilines is 1. The number of nitro benzene ring substituents is 1. The number of nitrogens with zero attached hydrogens (tertiary/aromatic N) is 2. The molecule has 0 unspecified atom stereocenters. The molecule has 0 atom stereocenters. The number of carbonyl (C=O) groups is 1. The summed E-state index contributed by atoms with van der Waals surface area (Å²) in [6.07, 6.45) is 1.26. The molecule has 0 spiro atoms. The summed E-state index contributed by atoms with van der Waals surface area (Å²) >= 11 is 0. The summed E-state index contributed by atoms with van der Waals surface area (Å²) in [5.41, 5.74) is 0.581. The van der Waals surface area contributed by atoms with E-state index in [0.717, 1.165) is 0 Å². The van der Waals surface area contributed by atoms with Gasteiger partial charge in [0.2, 0.25) is 0 Å². The summed E-state index contributed by atoms with van der Waals surface area (Å²) in [6, 6.07) is 15.5. The Morgan fingerprint density at radius 2 is 1.73 bits per heavy atom. The topological polar surface area (TPSA) is 158 Å². The van der Waals surface area contributed by atoms with Gasteiger partial charge in [-0.15, -0.1) is 0 Å². The number of rotatable bonds is 9. The van der Waals surface area contributed by atoms with E-state index in [-0.39, 0.29) is 33.3 Å². The molecule has 0 radical (unpaired) electrons. The van der Waals surface area contributed by atoms with Crippen LogP contribution in [0.15, 0.2) is 71.1 Å². The zero-order valence-corrected chi connectivity index (χ0v) is 20.7. The van der Waals surface area contributed by atoms with Crippen LogP contribution in [0.1, 0.15) is 11.1 Å². The van der Waals surface area contributed by atoms with Gasteiger partial charge in [-0.25, -0.2) is 0 Å². The number of nitriles is 1. The van der Waals surface area contributed by atoms with Crippen molar-refractivity contribution in [2.24, 2.45) is 0 Å². The van der Waals surface area contributed by atoms with Gasteiger partial charge in [-0.1, -0.05) is 12.1 Å². The average molecular weight is 524 g/mol. The minimum atomic E-state index is -4.19. The van der Waals surface area contributed by atoms with E-state index in [9.17, 15) is 28.6 Å². The molecule has 0 aliphatic rings. The quantitative estimate of drug-likeness (QED) is 0.142. The second-order valence-electron chi connectivity index (χ2n) is 7.50. The summed E-state index contributed by atoms with van der Waals surface area (Å²) in [7, 11) is -1.43. The van der Waals surface area contributed by atoms with E-state index in [1.807, 2.05) is 0 Å². The average Bonchev–Trinajstić information content (AvgIpc) is 2.88. The van der Waals surface area contributed by atoms with Crippen LogP contribution in [0.5, 0.6) is 17.2 Å². The first-order chi connectivity index (χ1) is 17.6. The van der Waals surface area contributed by atoms with Crippen LogP contribution >= 0.6 is 0 Å². The zero-order chi connectivity index (χ0) is 27.2. The Morgan fingerprint density at radius 1 is 1.03 bits per heavy atom. The number of benzene rings is 3. The van der Waals surface area contributed by atoms with Crippen molar-refractivity contribution in [3.8, 4) is 23.3 Å². The number of nitrogens with one attached hydrogen (secondary N) is 1. The van der Waals surface area contributed by atoms with Crippen LogP contribution in [0.3, 0.4) is 0 Å². The zero-order valence-electron chi connectivity index (χ0n) is 19.9. The lowest BCUT2D eigenvalue weighted by Gasteiger charge is -2.12. The largest absolute Gasteiger partial charge is 0.497 e. The minimum absolute atomic E-state index is 0.0399. The van der Waals surface area contributed by atoms with Crippen molar-refractivity contribution in [3.63, 3.8) is 0 Å². The first-order valence-electron chi connectivity index (χ1n) is 10.5. The fourth-order valence-corrected chi connectivity index (χ4v) is 4.05. The predicted octanol–water partition coefficient (Wildman–Crippen LogP) is 4.23. The van der Waals surface area contributed by atoms with Crippen LogP contribution in [0.25, 0.3) is 6.08 Å². The summed E-state index contributed by atoms with van der Waals surface area (Å²) in [5.74, 6) is -0.373. The maximum absolute atomic E-state index is 12.7. The highest BCUT2D eigenvalue weighted by Gasteiger charge is 2.20. The highest BCUT2D eigenvalue weighted by atomic mass is 32.2. The van der Waals surface area contributed by atoms with E-state index >= 15 is 0 Å². The first-order valence-corrected chi connectivity index (χ1v) is 11.9. The van der Waals surface area contributed by atoms with Crippen molar-refractivity contribution in [2.45, 2.75) is 11.8 Å². The molecule has 0 aromatic heterocycles. The molecule has 190 valence electrons. The normalized spacial score (nSPS) is 11.2. The van der Waals surface area contributed by atoms with E-state index in [1.54, 1.807) is 13.0 Å². The maximum Gasteiger partial charge on any atom is 0.339 e. The van der Waals surface area contributed by atoms with Gasteiger partial charge in [0.1, 0.15) is 22.3 Å². The van der Waals surface area contributed by atoms with Gasteiger partial charge in [0.25, 0.3) is 11.6 Å². The molecule has 11 nitrogen and oxygen atoms in total. The fourth-order valence-electron chi connectivity index (χ4n) is 3.11. The van der Waals surface area contributed by atoms with Crippen LogP contribution in [0.4, 0.5) is 11.4 Å². The van der Waals surface area contributed by atoms with Crippen LogP contribution in [-0.4, -0.2) is 33.5 Å². The molecule has 3 aromatic rings. The number of amides is 1. The maximum atomic E-state index is 12.7. The highest BCUT2D eigenvalue weighted by molar-refractivity contribution is 7.87. The first kappa shape index (κ1) is 26.7. The van der Waals surface area contributed by atoms with E-state index < -0.39 is 20.9 Å². The Morgan fingerprint density at radius 3 is 2.32 bits per heavy atom. The number of non-ortho nitro benzene ring substituents is 1. The third-order valence-corrected chi connectivity index (χ3v) is 6.34. The molecule has 0 saturated heterocycles. The van der Waals surface area contributed by atoms with Crippen molar-refractivity contribution in [2.75, 3.05) is 19.5 Å².